The van der Waals surface area contributed by atoms with E-state index in [1.165, 1.54) is 6.20 Å². The van der Waals surface area contributed by atoms with Crippen LogP contribution in [0.25, 0.3) is 10.9 Å². The number of aromatic nitrogens is 1. The van der Waals surface area contributed by atoms with Gasteiger partial charge in [0, 0.05) is 35.9 Å². The molecule has 1 fully saturated rings. The molecule has 0 saturated carbocycles. The fourth-order valence-electron chi connectivity index (χ4n) is 4.90. The second-order valence-electron chi connectivity index (χ2n) is 9.78. The quantitative estimate of drug-likeness (QED) is 0.554. The third-order valence-corrected chi connectivity index (χ3v) is 8.43. The molecular weight excluding hydrogens is 462 g/mol. The third-order valence-electron chi connectivity index (χ3n) is 6.79. The molecule has 0 aliphatic carbocycles. The molecule has 4 rings (SSSR count). The lowest BCUT2D eigenvalue weighted by molar-refractivity contribution is -0.133. The van der Waals surface area contributed by atoms with Crippen LogP contribution in [0, 0.1) is 26.7 Å². The molecule has 7 nitrogen and oxygen atoms in total. The number of anilines is 1. The Morgan fingerprint density at radius 2 is 1.66 bits per heavy atom. The van der Waals surface area contributed by atoms with Crippen molar-refractivity contribution in [1.82, 2.24) is 9.47 Å². The van der Waals surface area contributed by atoms with E-state index in [0.29, 0.717) is 22.5 Å². The number of rotatable bonds is 6. The maximum absolute atomic E-state index is 13.3. The van der Waals surface area contributed by atoms with Gasteiger partial charge in [-0.25, -0.2) is 8.42 Å². The minimum Gasteiger partial charge on any atom is -0.341 e. The summed E-state index contributed by atoms with van der Waals surface area (Å²) in [5.74, 6) is -0.673. The van der Waals surface area contributed by atoms with Crippen molar-refractivity contribution in [3.63, 3.8) is 0 Å². The van der Waals surface area contributed by atoms with Gasteiger partial charge in [0.2, 0.25) is 11.8 Å². The van der Waals surface area contributed by atoms with Crippen LogP contribution in [0.15, 0.2) is 47.5 Å². The SMILES string of the molecule is Cc1cc(C)c(NC(=O)CS(=O)(=O)c2cn(CC(=O)N3CCC(C)CC3)c3ccccc23)c(C)c1. The fraction of sp³-hybridized carbons (Fsp3) is 0.407. The molecule has 1 N–H and O–H groups in total. The molecule has 1 saturated heterocycles. The van der Waals surface area contributed by atoms with Crippen molar-refractivity contribution in [3.8, 4) is 0 Å². The van der Waals surface area contributed by atoms with Crippen molar-refractivity contribution in [3.05, 3.63) is 59.3 Å². The van der Waals surface area contributed by atoms with E-state index in [-0.39, 0.29) is 17.3 Å². The first kappa shape index (κ1) is 25.0. The molecule has 0 atom stereocenters. The predicted octanol–water partition coefficient (Wildman–Crippen LogP) is 4.24. The van der Waals surface area contributed by atoms with Gasteiger partial charge < -0.3 is 14.8 Å². The summed E-state index contributed by atoms with van der Waals surface area (Å²) in [6, 6.07) is 11.0. The number of sulfone groups is 1. The highest BCUT2D eigenvalue weighted by molar-refractivity contribution is 7.92. The van der Waals surface area contributed by atoms with Gasteiger partial charge in [-0.3, -0.25) is 9.59 Å². The maximum atomic E-state index is 13.3. The molecule has 2 aromatic carbocycles. The maximum Gasteiger partial charge on any atom is 0.242 e. The number of hydrogen-bond donors (Lipinski definition) is 1. The molecule has 8 heteroatoms. The van der Waals surface area contributed by atoms with Crippen molar-refractivity contribution in [2.45, 2.75) is 52.0 Å². The lowest BCUT2D eigenvalue weighted by Gasteiger charge is -2.30. The molecule has 1 aliphatic rings. The van der Waals surface area contributed by atoms with Crippen LogP contribution in [-0.4, -0.2) is 48.5 Å². The Labute approximate surface area is 207 Å². The molecule has 0 unspecified atom stereocenters. The average Bonchev–Trinajstić information content (AvgIpc) is 3.16. The molecule has 2 heterocycles. The van der Waals surface area contributed by atoms with E-state index in [1.807, 2.05) is 43.9 Å². The third kappa shape index (κ3) is 5.42. The van der Waals surface area contributed by atoms with E-state index in [9.17, 15) is 18.0 Å². The largest absolute Gasteiger partial charge is 0.341 e. The minimum absolute atomic E-state index is 0.0235. The molecule has 2 amide bonds. The molecule has 1 aliphatic heterocycles. The molecule has 0 bridgehead atoms. The van der Waals surface area contributed by atoms with Gasteiger partial charge in [-0.2, -0.15) is 0 Å². The summed E-state index contributed by atoms with van der Waals surface area (Å²) in [5, 5.41) is 3.30. The second kappa shape index (κ2) is 9.85. The highest BCUT2D eigenvalue weighted by atomic mass is 32.2. The lowest BCUT2D eigenvalue weighted by Crippen LogP contribution is -2.39. The number of amides is 2. The average molecular weight is 496 g/mol. The van der Waals surface area contributed by atoms with E-state index >= 15 is 0 Å². The summed E-state index contributed by atoms with van der Waals surface area (Å²) in [5.41, 5.74) is 4.15. The van der Waals surface area contributed by atoms with Gasteiger partial charge in [0.15, 0.2) is 9.84 Å². The molecule has 186 valence electrons. The molecule has 3 aromatic rings. The Bertz CT molecular complexity index is 1360. The van der Waals surface area contributed by atoms with Crippen LogP contribution in [0.4, 0.5) is 5.69 Å². The Hall–Kier alpha value is -3.13. The molecule has 35 heavy (non-hydrogen) atoms. The zero-order valence-corrected chi connectivity index (χ0v) is 21.6. The predicted molar refractivity (Wildman–Crippen MR) is 138 cm³/mol. The number of aryl methyl sites for hydroxylation is 3. The number of nitrogens with zero attached hydrogens (tertiary/aromatic N) is 2. The lowest BCUT2D eigenvalue weighted by atomic mass is 9.99. The van der Waals surface area contributed by atoms with E-state index in [1.54, 1.807) is 22.8 Å². The first-order valence-corrected chi connectivity index (χ1v) is 13.7. The number of piperidine rings is 1. The van der Waals surface area contributed by atoms with Crippen LogP contribution in [0.2, 0.25) is 0 Å². The number of para-hydroxylation sites is 1. The summed E-state index contributed by atoms with van der Waals surface area (Å²) >= 11 is 0. The molecule has 0 radical (unpaired) electrons. The van der Waals surface area contributed by atoms with E-state index in [2.05, 4.69) is 12.2 Å². The Balaban J connectivity index is 1.57. The molecular formula is C27H33N3O4S. The fourth-order valence-corrected chi connectivity index (χ4v) is 6.27. The molecule has 1 aromatic heterocycles. The van der Waals surface area contributed by atoms with E-state index < -0.39 is 21.5 Å². The number of carbonyl (C=O) groups is 2. The van der Waals surface area contributed by atoms with Gasteiger partial charge in [0.25, 0.3) is 0 Å². The van der Waals surface area contributed by atoms with Crippen LogP contribution < -0.4 is 5.32 Å². The Morgan fingerprint density at radius 3 is 2.31 bits per heavy atom. The number of likely N-dealkylation sites (tertiary alicyclic amines) is 1. The number of hydrogen-bond acceptors (Lipinski definition) is 4. The number of nitrogens with one attached hydrogen (secondary N) is 1. The van der Waals surface area contributed by atoms with E-state index in [4.69, 9.17) is 0 Å². The molecule has 0 spiro atoms. The Kier molecular flexibility index (Phi) is 7.03. The topological polar surface area (TPSA) is 88.5 Å². The van der Waals surface area contributed by atoms with Gasteiger partial charge >= 0.3 is 0 Å². The first-order valence-electron chi connectivity index (χ1n) is 12.0. The normalized spacial score (nSPS) is 14.9. The van der Waals surface area contributed by atoms with Crippen molar-refractivity contribution >= 4 is 38.2 Å². The van der Waals surface area contributed by atoms with Gasteiger partial charge in [0.05, 0.1) is 4.90 Å². The monoisotopic (exact) mass is 495 g/mol. The minimum atomic E-state index is -3.94. The number of carbonyl (C=O) groups excluding carboxylic acids is 2. The summed E-state index contributed by atoms with van der Waals surface area (Å²) < 4.78 is 28.4. The van der Waals surface area contributed by atoms with Crippen molar-refractivity contribution in [2.75, 3.05) is 24.2 Å². The van der Waals surface area contributed by atoms with Gasteiger partial charge in [-0.15, -0.1) is 0 Å². The summed E-state index contributed by atoms with van der Waals surface area (Å²) in [6.07, 6.45) is 3.46. The Morgan fingerprint density at radius 1 is 1.03 bits per heavy atom. The second-order valence-corrected chi connectivity index (χ2v) is 11.7. The van der Waals surface area contributed by atoms with Crippen molar-refractivity contribution in [2.24, 2.45) is 5.92 Å². The smallest absolute Gasteiger partial charge is 0.242 e. The highest BCUT2D eigenvalue weighted by Gasteiger charge is 2.26. The number of benzene rings is 2. The van der Waals surface area contributed by atoms with Crippen LogP contribution in [-0.2, 0) is 26.0 Å². The van der Waals surface area contributed by atoms with Crippen molar-refractivity contribution in [1.29, 1.82) is 0 Å². The number of fused-ring (bicyclic) bond motifs is 1. The van der Waals surface area contributed by atoms with Crippen LogP contribution in [0.3, 0.4) is 0 Å². The van der Waals surface area contributed by atoms with Crippen LogP contribution >= 0.6 is 0 Å². The van der Waals surface area contributed by atoms with Crippen molar-refractivity contribution < 1.29 is 18.0 Å². The summed E-state index contributed by atoms with van der Waals surface area (Å²) in [4.78, 5) is 27.6. The van der Waals surface area contributed by atoms with Gasteiger partial charge in [-0.05, 0) is 56.7 Å². The highest BCUT2D eigenvalue weighted by Crippen LogP contribution is 2.28. The first-order chi connectivity index (χ1) is 16.5. The van der Waals surface area contributed by atoms with E-state index in [0.717, 1.165) is 42.6 Å². The van der Waals surface area contributed by atoms with Crippen LogP contribution in [0.1, 0.15) is 36.5 Å². The standard InChI is InChI=1S/C27H33N3O4S/c1-18-9-11-29(12-10-18)26(32)16-30-15-24(22-7-5-6-8-23(22)30)35(33,34)17-25(31)28-27-20(3)13-19(2)14-21(27)4/h5-8,13-15,18H,9-12,16-17H2,1-4H3,(H,28,31). The zero-order valence-electron chi connectivity index (χ0n) is 20.8. The summed E-state index contributed by atoms with van der Waals surface area (Å²) in [6.45, 7) is 9.46. The summed E-state index contributed by atoms with van der Waals surface area (Å²) in [7, 11) is -3.94. The van der Waals surface area contributed by atoms with Gasteiger partial charge in [0.1, 0.15) is 12.3 Å². The zero-order chi connectivity index (χ0) is 25.3. The van der Waals surface area contributed by atoms with Gasteiger partial charge in [-0.1, -0.05) is 42.8 Å². The van der Waals surface area contributed by atoms with Crippen LogP contribution in [0.5, 0.6) is 0 Å².